The Morgan fingerprint density at radius 2 is 1.54 bits per heavy atom. The summed E-state index contributed by atoms with van der Waals surface area (Å²) in [6, 6.07) is 1.33. The minimum absolute atomic E-state index is 0.0872. The van der Waals surface area contributed by atoms with Crippen molar-refractivity contribution in [3.63, 3.8) is 0 Å². The molecule has 26 heavy (non-hydrogen) atoms. The number of aliphatic carboxylic acids is 1. The molecule has 8 heteroatoms. The van der Waals surface area contributed by atoms with Gasteiger partial charge in [-0.15, -0.1) is 0 Å². The Kier molecular flexibility index (Phi) is 7.24. The van der Waals surface area contributed by atoms with Crippen LogP contribution in [-0.4, -0.2) is 91.0 Å². The number of ether oxygens (including phenoxy) is 1. The fourth-order valence-corrected chi connectivity index (χ4v) is 4.61. The van der Waals surface area contributed by atoms with Gasteiger partial charge in [0.05, 0.1) is 6.10 Å². The van der Waals surface area contributed by atoms with Crippen molar-refractivity contribution < 1.29 is 19.4 Å². The van der Waals surface area contributed by atoms with Crippen LogP contribution < -0.4 is 10.6 Å². The maximum absolute atomic E-state index is 11.1. The number of piperazine rings is 1. The summed E-state index contributed by atoms with van der Waals surface area (Å²) < 4.78 is 5.55. The van der Waals surface area contributed by atoms with Crippen molar-refractivity contribution in [1.29, 1.82) is 0 Å². The molecule has 3 N–H and O–H groups in total. The highest BCUT2D eigenvalue weighted by molar-refractivity contribution is 5.74. The van der Waals surface area contributed by atoms with E-state index in [0.717, 1.165) is 71.0 Å². The van der Waals surface area contributed by atoms with Crippen molar-refractivity contribution in [2.75, 3.05) is 39.3 Å². The molecule has 8 nitrogen and oxygen atoms in total. The van der Waals surface area contributed by atoms with Gasteiger partial charge >= 0.3 is 5.97 Å². The number of amides is 1. The van der Waals surface area contributed by atoms with Crippen LogP contribution in [0, 0.1) is 0 Å². The zero-order valence-corrected chi connectivity index (χ0v) is 15.4. The SMILES string of the molecule is O=CNC(OC1CCC(N2CCN(C3CCNCC3)CC2)CC1)C(=O)O. The van der Waals surface area contributed by atoms with Crippen LogP contribution in [-0.2, 0) is 14.3 Å². The van der Waals surface area contributed by atoms with E-state index in [9.17, 15) is 9.59 Å². The van der Waals surface area contributed by atoms with Crippen LogP contribution in [0.15, 0.2) is 0 Å². The molecule has 0 radical (unpaired) electrons. The van der Waals surface area contributed by atoms with Gasteiger partial charge in [0.1, 0.15) is 0 Å². The Labute approximate surface area is 155 Å². The van der Waals surface area contributed by atoms with Gasteiger partial charge in [0.2, 0.25) is 12.6 Å². The molecular weight excluding hydrogens is 336 g/mol. The maximum atomic E-state index is 11.1. The number of carboxylic acid groups (broad SMARTS) is 1. The van der Waals surface area contributed by atoms with Gasteiger partial charge in [-0.3, -0.25) is 14.6 Å². The third kappa shape index (κ3) is 5.16. The number of piperidine rings is 1. The number of hydrogen-bond donors (Lipinski definition) is 3. The van der Waals surface area contributed by atoms with Crippen LogP contribution in [0.25, 0.3) is 0 Å². The van der Waals surface area contributed by atoms with Crippen molar-refractivity contribution in [2.24, 2.45) is 0 Å². The van der Waals surface area contributed by atoms with Crippen molar-refractivity contribution in [2.45, 2.75) is 62.9 Å². The maximum Gasteiger partial charge on any atom is 0.354 e. The van der Waals surface area contributed by atoms with Crippen molar-refractivity contribution in [3.05, 3.63) is 0 Å². The first-order valence-corrected chi connectivity index (χ1v) is 9.94. The molecule has 0 spiro atoms. The number of hydrogen-bond acceptors (Lipinski definition) is 6. The average molecular weight is 368 g/mol. The zero-order chi connectivity index (χ0) is 18.4. The Morgan fingerprint density at radius 3 is 2.04 bits per heavy atom. The summed E-state index contributed by atoms with van der Waals surface area (Å²) in [4.78, 5) is 26.8. The van der Waals surface area contributed by atoms with Gasteiger partial charge in [-0.25, -0.2) is 4.79 Å². The van der Waals surface area contributed by atoms with Gasteiger partial charge in [-0.2, -0.15) is 0 Å². The molecule has 1 aliphatic carbocycles. The summed E-state index contributed by atoms with van der Waals surface area (Å²) in [6.45, 7) is 6.86. The third-order valence-electron chi connectivity index (χ3n) is 6.11. The topological polar surface area (TPSA) is 94.1 Å². The van der Waals surface area contributed by atoms with Crippen molar-refractivity contribution in [1.82, 2.24) is 20.4 Å². The van der Waals surface area contributed by atoms with Gasteiger partial charge in [0.25, 0.3) is 0 Å². The predicted octanol–water partition coefficient (Wildman–Crippen LogP) is -0.159. The van der Waals surface area contributed by atoms with Crippen LogP contribution in [0.3, 0.4) is 0 Å². The Hall–Kier alpha value is -1.22. The van der Waals surface area contributed by atoms with E-state index in [1.54, 1.807) is 0 Å². The molecule has 1 saturated carbocycles. The molecule has 3 aliphatic rings. The van der Waals surface area contributed by atoms with Crippen LogP contribution >= 0.6 is 0 Å². The molecule has 3 fully saturated rings. The smallest absolute Gasteiger partial charge is 0.354 e. The van der Waals surface area contributed by atoms with Crippen LogP contribution in [0.5, 0.6) is 0 Å². The van der Waals surface area contributed by atoms with E-state index in [1.807, 2.05) is 0 Å². The first kappa shape index (κ1) is 19.5. The predicted molar refractivity (Wildman–Crippen MR) is 96.8 cm³/mol. The number of carbonyl (C=O) groups is 2. The summed E-state index contributed by atoms with van der Waals surface area (Å²) in [5, 5.41) is 14.7. The first-order chi connectivity index (χ1) is 12.7. The van der Waals surface area contributed by atoms with Gasteiger partial charge in [0.15, 0.2) is 0 Å². The summed E-state index contributed by atoms with van der Waals surface area (Å²) in [5.74, 6) is -1.15. The van der Waals surface area contributed by atoms with Crippen molar-refractivity contribution in [3.8, 4) is 0 Å². The Balaban J connectivity index is 1.38. The van der Waals surface area contributed by atoms with Crippen LogP contribution in [0.2, 0.25) is 0 Å². The number of nitrogens with zero attached hydrogens (tertiary/aromatic N) is 2. The first-order valence-electron chi connectivity index (χ1n) is 9.94. The minimum atomic E-state index is -1.23. The second-order valence-corrected chi connectivity index (χ2v) is 7.62. The number of nitrogens with one attached hydrogen (secondary N) is 2. The van der Waals surface area contributed by atoms with E-state index in [0.29, 0.717) is 12.5 Å². The lowest BCUT2D eigenvalue weighted by atomic mass is 9.91. The molecule has 2 saturated heterocycles. The Morgan fingerprint density at radius 1 is 1.00 bits per heavy atom. The number of carboxylic acids is 1. The standard InChI is InChI=1S/C18H32N4O4/c23-13-20-17(18(24)25)26-16-3-1-14(2-4-16)21-9-11-22(12-10-21)15-5-7-19-8-6-15/h13-17,19H,1-12H2,(H,20,23)(H,24,25). The van der Waals surface area contributed by atoms with Gasteiger partial charge in [0, 0.05) is 38.3 Å². The normalized spacial score (nSPS) is 30.6. The summed E-state index contributed by atoms with van der Waals surface area (Å²) >= 11 is 0. The van der Waals surface area contributed by atoms with Crippen LogP contribution in [0.1, 0.15) is 38.5 Å². The Bertz CT molecular complexity index is 456. The van der Waals surface area contributed by atoms with Crippen LogP contribution in [0.4, 0.5) is 0 Å². The van der Waals surface area contributed by atoms with E-state index in [-0.39, 0.29) is 6.10 Å². The molecule has 0 bridgehead atoms. The lowest BCUT2D eigenvalue weighted by molar-refractivity contribution is -0.160. The largest absolute Gasteiger partial charge is 0.478 e. The highest BCUT2D eigenvalue weighted by Gasteiger charge is 2.32. The molecule has 1 atom stereocenters. The van der Waals surface area contributed by atoms with Gasteiger partial charge < -0.3 is 20.5 Å². The number of rotatable bonds is 7. The highest BCUT2D eigenvalue weighted by atomic mass is 16.5. The van der Waals surface area contributed by atoms with Gasteiger partial charge in [-0.1, -0.05) is 0 Å². The molecule has 0 aromatic carbocycles. The fraction of sp³-hybridized carbons (Fsp3) is 0.889. The second kappa shape index (κ2) is 9.64. The minimum Gasteiger partial charge on any atom is -0.478 e. The molecule has 3 rings (SSSR count). The molecular formula is C18H32N4O4. The molecule has 0 aromatic heterocycles. The van der Waals surface area contributed by atoms with E-state index in [4.69, 9.17) is 9.84 Å². The molecule has 1 amide bonds. The molecule has 2 heterocycles. The molecule has 148 valence electrons. The van der Waals surface area contributed by atoms with E-state index in [2.05, 4.69) is 20.4 Å². The zero-order valence-electron chi connectivity index (χ0n) is 15.4. The summed E-state index contributed by atoms with van der Waals surface area (Å²) in [6.07, 6.45) is 5.36. The van der Waals surface area contributed by atoms with E-state index >= 15 is 0 Å². The average Bonchev–Trinajstić information content (AvgIpc) is 2.69. The van der Waals surface area contributed by atoms with E-state index < -0.39 is 12.2 Å². The second-order valence-electron chi connectivity index (χ2n) is 7.62. The lowest BCUT2D eigenvalue weighted by Crippen LogP contribution is -2.55. The fourth-order valence-electron chi connectivity index (χ4n) is 4.61. The highest BCUT2D eigenvalue weighted by Crippen LogP contribution is 2.27. The van der Waals surface area contributed by atoms with Crippen molar-refractivity contribution >= 4 is 12.4 Å². The molecule has 0 aromatic rings. The summed E-state index contributed by atoms with van der Waals surface area (Å²) in [7, 11) is 0. The third-order valence-corrected chi connectivity index (χ3v) is 6.11. The van der Waals surface area contributed by atoms with E-state index in [1.165, 1.54) is 12.8 Å². The quantitative estimate of drug-likeness (QED) is 0.425. The summed E-state index contributed by atoms with van der Waals surface area (Å²) in [5.41, 5.74) is 0. The lowest BCUT2D eigenvalue weighted by Gasteiger charge is -2.45. The number of carbonyl (C=O) groups excluding carboxylic acids is 1. The molecule has 2 aliphatic heterocycles. The molecule has 1 unspecified atom stereocenters. The monoisotopic (exact) mass is 368 g/mol. The van der Waals surface area contributed by atoms with Gasteiger partial charge in [-0.05, 0) is 51.6 Å².